The fraction of sp³-hybridized carbons (Fsp3) is 0.167. The molecular weight excluding hydrogens is 206 g/mol. The van der Waals surface area contributed by atoms with E-state index in [9.17, 15) is 5.11 Å². The highest BCUT2D eigenvalue weighted by Crippen LogP contribution is 2.22. The lowest BCUT2D eigenvalue weighted by atomic mass is 10.2. The molecule has 0 aliphatic rings. The van der Waals surface area contributed by atoms with Crippen LogP contribution in [0.1, 0.15) is 10.9 Å². The van der Waals surface area contributed by atoms with E-state index in [1.165, 1.54) is 0 Å². The van der Waals surface area contributed by atoms with Gasteiger partial charge in [-0.05, 0) is 23.6 Å². The van der Waals surface area contributed by atoms with Crippen molar-refractivity contribution in [2.45, 2.75) is 6.04 Å². The number of hydrogen-bond donors (Lipinski definition) is 2. The number of hydrogen-bond acceptors (Lipinski definition) is 3. The molecule has 78 valence electrons. The van der Waals surface area contributed by atoms with Crippen LogP contribution in [0.5, 0.6) is 0 Å². The Labute approximate surface area is 93.2 Å². The molecule has 2 rings (SSSR count). The second-order valence-electron chi connectivity index (χ2n) is 3.26. The number of para-hydroxylation sites is 1. The number of benzene rings is 1. The second kappa shape index (κ2) is 4.96. The zero-order chi connectivity index (χ0) is 10.5. The van der Waals surface area contributed by atoms with E-state index < -0.39 is 0 Å². The number of aliphatic hydroxyl groups is 1. The van der Waals surface area contributed by atoms with E-state index >= 15 is 0 Å². The van der Waals surface area contributed by atoms with Gasteiger partial charge in [0.2, 0.25) is 0 Å². The van der Waals surface area contributed by atoms with Crippen molar-refractivity contribution < 1.29 is 5.11 Å². The van der Waals surface area contributed by atoms with Crippen LogP contribution >= 0.6 is 11.3 Å². The van der Waals surface area contributed by atoms with Crippen LogP contribution in [-0.2, 0) is 0 Å². The predicted molar refractivity (Wildman–Crippen MR) is 64.2 cm³/mol. The number of nitrogens with one attached hydrogen (secondary N) is 1. The average Bonchev–Trinajstić information content (AvgIpc) is 2.81. The number of thiophene rings is 1. The molecule has 1 aromatic carbocycles. The summed E-state index contributed by atoms with van der Waals surface area (Å²) >= 11 is 1.65. The maximum Gasteiger partial charge on any atom is 0.0837 e. The van der Waals surface area contributed by atoms with E-state index in [0.29, 0.717) is 0 Å². The van der Waals surface area contributed by atoms with Gasteiger partial charge in [-0.2, -0.15) is 0 Å². The van der Waals surface area contributed by atoms with Crippen molar-refractivity contribution in [2.75, 3.05) is 11.9 Å². The molecule has 1 unspecified atom stereocenters. The fourth-order valence-corrected chi connectivity index (χ4v) is 2.20. The Hall–Kier alpha value is -1.32. The van der Waals surface area contributed by atoms with Gasteiger partial charge in [-0.1, -0.05) is 24.3 Å². The van der Waals surface area contributed by atoms with Crippen LogP contribution in [-0.4, -0.2) is 11.7 Å². The summed E-state index contributed by atoms with van der Waals surface area (Å²) in [5.74, 6) is 0. The molecule has 0 saturated carbocycles. The van der Waals surface area contributed by atoms with E-state index in [2.05, 4.69) is 5.32 Å². The lowest BCUT2D eigenvalue weighted by Crippen LogP contribution is -2.13. The van der Waals surface area contributed by atoms with Crippen molar-refractivity contribution in [3.63, 3.8) is 0 Å². The molecule has 2 N–H and O–H groups in total. The highest BCUT2D eigenvalue weighted by Gasteiger charge is 2.10. The van der Waals surface area contributed by atoms with Crippen LogP contribution in [0.4, 0.5) is 5.69 Å². The molecule has 2 nitrogen and oxygen atoms in total. The van der Waals surface area contributed by atoms with Gasteiger partial charge in [0.1, 0.15) is 0 Å². The molecule has 3 heteroatoms. The molecule has 0 spiro atoms. The van der Waals surface area contributed by atoms with E-state index in [0.717, 1.165) is 10.6 Å². The molecule has 0 amide bonds. The van der Waals surface area contributed by atoms with Gasteiger partial charge in [0.15, 0.2) is 0 Å². The van der Waals surface area contributed by atoms with Crippen molar-refractivity contribution in [3.8, 4) is 0 Å². The minimum Gasteiger partial charge on any atom is -0.394 e. The maximum absolute atomic E-state index is 9.30. The minimum absolute atomic E-state index is 0.00704. The normalized spacial score (nSPS) is 12.3. The molecule has 15 heavy (non-hydrogen) atoms. The molecular formula is C12H13NOS. The van der Waals surface area contributed by atoms with Crippen molar-refractivity contribution in [2.24, 2.45) is 0 Å². The first-order chi connectivity index (χ1) is 7.40. The highest BCUT2D eigenvalue weighted by molar-refractivity contribution is 7.10. The molecule has 1 atom stereocenters. The zero-order valence-electron chi connectivity index (χ0n) is 8.26. The van der Waals surface area contributed by atoms with Gasteiger partial charge in [0.05, 0.1) is 12.6 Å². The predicted octanol–water partition coefficient (Wildman–Crippen LogP) is 2.89. The molecule has 0 aliphatic carbocycles. The Bertz CT molecular complexity index is 385. The average molecular weight is 219 g/mol. The summed E-state index contributed by atoms with van der Waals surface area (Å²) in [6.07, 6.45) is 0. The quantitative estimate of drug-likeness (QED) is 0.828. The highest BCUT2D eigenvalue weighted by atomic mass is 32.1. The molecule has 1 heterocycles. The lowest BCUT2D eigenvalue weighted by molar-refractivity contribution is 0.278. The summed E-state index contributed by atoms with van der Waals surface area (Å²) < 4.78 is 0. The van der Waals surface area contributed by atoms with Crippen molar-refractivity contribution in [1.29, 1.82) is 0 Å². The summed E-state index contributed by atoms with van der Waals surface area (Å²) in [7, 11) is 0. The summed E-state index contributed by atoms with van der Waals surface area (Å²) in [5.41, 5.74) is 1.03. The van der Waals surface area contributed by atoms with Gasteiger partial charge < -0.3 is 10.4 Å². The molecule has 0 saturated heterocycles. The Morgan fingerprint density at radius 2 is 1.93 bits per heavy atom. The molecule has 2 aromatic rings. The van der Waals surface area contributed by atoms with Gasteiger partial charge in [-0.25, -0.2) is 0 Å². The van der Waals surface area contributed by atoms with Crippen LogP contribution in [0.2, 0.25) is 0 Å². The Morgan fingerprint density at radius 1 is 1.13 bits per heavy atom. The number of rotatable bonds is 4. The summed E-state index contributed by atoms with van der Waals surface area (Å²) in [5, 5.41) is 14.6. The van der Waals surface area contributed by atoms with Crippen LogP contribution in [0.25, 0.3) is 0 Å². The first-order valence-electron chi connectivity index (χ1n) is 4.86. The Balaban J connectivity index is 2.10. The summed E-state index contributed by atoms with van der Waals surface area (Å²) in [6.45, 7) is 0.107. The largest absolute Gasteiger partial charge is 0.394 e. The minimum atomic E-state index is -0.00704. The van der Waals surface area contributed by atoms with Crippen LogP contribution in [0, 0.1) is 0 Å². The summed E-state index contributed by atoms with van der Waals surface area (Å²) in [6, 6.07) is 13.9. The Kier molecular flexibility index (Phi) is 3.37. The number of anilines is 1. The third kappa shape index (κ3) is 2.58. The van der Waals surface area contributed by atoms with Crippen molar-refractivity contribution >= 4 is 17.0 Å². The second-order valence-corrected chi connectivity index (χ2v) is 4.24. The molecule has 0 bridgehead atoms. The zero-order valence-corrected chi connectivity index (χ0v) is 9.08. The smallest absolute Gasteiger partial charge is 0.0837 e. The summed E-state index contributed by atoms with van der Waals surface area (Å²) in [4.78, 5) is 1.15. The first-order valence-corrected chi connectivity index (χ1v) is 5.74. The SMILES string of the molecule is OCC(Nc1ccccc1)c1cccs1. The topological polar surface area (TPSA) is 32.3 Å². The molecule has 0 radical (unpaired) electrons. The molecule has 0 fully saturated rings. The van der Waals surface area contributed by atoms with Gasteiger partial charge in [-0.3, -0.25) is 0 Å². The van der Waals surface area contributed by atoms with Gasteiger partial charge in [-0.15, -0.1) is 11.3 Å². The van der Waals surface area contributed by atoms with E-state index in [4.69, 9.17) is 0 Å². The van der Waals surface area contributed by atoms with E-state index in [-0.39, 0.29) is 12.6 Å². The monoisotopic (exact) mass is 219 g/mol. The third-order valence-corrected chi connectivity index (χ3v) is 3.17. The van der Waals surface area contributed by atoms with Crippen LogP contribution in [0.15, 0.2) is 47.8 Å². The van der Waals surface area contributed by atoms with Gasteiger partial charge >= 0.3 is 0 Å². The maximum atomic E-state index is 9.30. The van der Waals surface area contributed by atoms with E-state index in [1.807, 2.05) is 47.8 Å². The first kappa shape index (κ1) is 10.2. The van der Waals surface area contributed by atoms with Gasteiger partial charge in [0.25, 0.3) is 0 Å². The fourth-order valence-electron chi connectivity index (χ4n) is 1.43. The van der Waals surface area contributed by atoms with Crippen molar-refractivity contribution in [1.82, 2.24) is 0 Å². The standard InChI is InChI=1S/C12H13NOS/c14-9-11(12-7-4-8-15-12)13-10-5-2-1-3-6-10/h1-8,11,13-14H,9H2. The third-order valence-electron chi connectivity index (χ3n) is 2.18. The molecule has 0 aliphatic heterocycles. The van der Waals surface area contributed by atoms with Gasteiger partial charge in [0, 0.05) is 10.6 Å². The number of aliphatic hydroxyl groups excluding tert-OH is 1. The van der Waals surface area contributed by atoms with Crippen LogP contribution < -0.4 is 5.32 Å². The van der Waals surface area contributed by atoms with Crippen molar-refractivity contribution in [3.05, 3.63) is 52.7 Å². The lowest BCUT2D eigenvalue weighted by Gasteiger charge is -2.15. The Morgan fingerprint density at radius 3 is 2.53 bits per heavy atom. The van der Waals surface area contributed by atoms with E-state index in [1.54, 1.807) is 11.3 Å². The molecule has 1 aromatic heterocycles. The van der Waals surface area contributed by atoms with Crippen LogP contribution in [0.3, 0.4) is 0 Å².